The topological polar surface area (TPSA) is 171 Å². The van der Waals surface area contributed by atoms with Gasteiger partial charge in [-0.15, -0.1) is 0 Å². The van der Waals surface area contributed by atoms with Crippen LogP contribution in [0.3, 0.4) is 0 Å². The number of carbonyl (C=O) groups is 4. The average molecular weight is 463 g/mol. The van der Waals surface area contributed by atoms with Gasteiger partial charge in [0.25, 0.3) is 0 Å². The number of nitrogens with two attached hydrogens (primary N) is 1. The van der Waals surface area contributed by atoms with Crippen LogP contribution in [0.2, 0.25) is 0 Å². The summed E-state index contributed by atoms with van der Waals surface area (Å²) in [6, 6.07) is -4.21. The molecule has 0 saturated carbocycles. The number of hydrogen-bond donors (Lipinski definition) is 6. The van der Waals surface area contributed by atoms with Gasteiger partial charge in [0.05, 0.1) is 12.6 Å². The second-order valence-corrected chi connectivity index (χ2v) is 9.02. The molecule has 0 aromatic heterocycles. The van der Waals surface area contributed by atoms with Crippen LogP contribution >= 0.6 is 11.8 Å². The summed E-state index contributed by atoms with van der Waals surface area (Å²) in [6.45, 7) is 6.53. The molecule has 180 valence electrons. The minimum Gasteiger partial charge on any atom is -0.480 e. The second-order valence-electron chi connectivity index (χ2n) is 8.03. The van der Waals surface area contributed by atoms with E-state index in [9.17, 15) is 29.4 Å². The van der Waals surface area contributed by atoms with Crippen molar-refractivity contribution < 1.29 is 29.4 Å². The maximum atomic E-state index is 12.8. The number of carboxylic acids is 1. The Balaban J connectivity index is 5.24. The zero-order chi connectivity index (χ0) is 24.1. The van der Waals surface area contributed by atoms with Gasteiger partial charge in [-0.05, 0) is 36.7 Å². The molecule has 0 aliphatic carbocycles. The van der Waals surface area contributed by atoms with Crippen LogP contribution in [-0.4, -0.2) is 76.7 Å². The Hall–Kier alpha value is -1.85. The minimum absolute atomic E-state index is 0.0175. The van der Waals surface area contributed by atoms with Crippen LogP contribution in [0.4, 0.5) is 0 Å². The van der Waals surface area contributed by atoms with Crippen molar-refractivity contribution in [3.63, 3.8) is 0 Å². The lowest BCUT2D eigenvalue weighted by molar-refractivity contribution is -0.143. The Labute approximate surface area is 188 Å². The zero-order valence-corrected chi connectivity index (χ0v) is 19.8. The van der Waals surface area contributed by atoms with Crippen LogP contribution < -0.4 is 21.7 Å². The Bertz CT molecular complexity index is 604. The maximum Gasteiger partial charge on any atom is 0.326 e. The molecule has 0 bridgehead atoms. The molecule has 10 nitrogen and oxygen atoms in total. The molecule has 0 saturated heterocycles. The Morgan fingerprint density at radius 3 is 2.00 bits per heavy atom. The van der Waals surface area contributed by atoms with Crippen molar-refractivity contribution in [2.75, 3.05) is 18.6 Å². The molecule has 0 spiro atoms. The quantitative estimate of drug-likeness (QED) is 0.192. The van der Waals surface area contributed by atoms with Crippen molar-refractivity contribution in [3.05, 3.63) is 0 Å². The number of aliphatic hydroxyl groups excluding tert-OH is 1. The van der Waals surface area contributed by atoms with E-state index < -0.39 is 54.5 Å². The number of aliphatic carboxylic acids is 1. The third kappa shape index (κ3) is 10.8. The van der Waals surface area contributed by atoms with E-state index in [-0.39, 0.29) is 18.3 Å². The van der Waals surface area contributed by atoms with Gasteiger partial charge >= 0.3 is 5.97 Å². The van der Waals surface area contributed by atoms with Crippen molar-refractivity contribution in [1.29, 1.82) is 0 Å². The smallest absolute Gasteiger partial charge is 0.326 e. The normalized spacial score (nSPS) is 16.0. The number of aliphatic hydroxyl groups is 1. The molecule has 3 amide bonds. The third-order valence-electron chi connectivity index (χ3n) is 4.90. The molecule has 0 heterocycles. The van der Waals surface area contributed by atoms with E-state index in [1.807, 2.05) is 27.0 Å². The van der Waals surface area contributed by atoms with E-state index in [1.165, 1.54) is 0 Å². The van der Waals surface area contributed by atoms with Crippen LogP contribution in [0, 0.1) is 11.8 Å². The first-order valence-electron chi connectivity index (χ1n) is 10.5. The molecular formula is C20H38N4O6S. The predicted molar refractivity (Wildman–Crippen MR) is 120 cm³/mol. The van der Waals surface area contributed by atoms with Gasteiger partial charge in [0, 0.05) is 0 Å². The molecule has 31 heavy (non-hydrogen) atoms. The number of nitrogens with one attached hydrogen (secondary N) is 3. The highest BCUT2D eigenvalue weighted by molar-refractivity contribution is 7.98. The van der Waals surface area contributed by atoms with Crippen molar-refractivity contribution in [2.45, 2.75) is 71.1 Å². The van der Waals surface area contributed by atoms with Crippen LogP contribution in [0.5, 0.6) is 0 Å². The fourth-order valence-electron chi connectivity index (χ4n) is 2.76. The first kappa shape index (κ1) is 29.1. The summed E-state index contributed by atoms with van der Waals surface area (Å²) in [5.74, 6) is -2.67. The molecule has 7 N–H and O–H groups in total. The Morgan fingerprint density at radius 1 is 0.968 bits per heavy atom. The SMILES string of the molecule is CCC(C)C(NC(=O)C(N)CCSC)C(=O)NC(CO)C(=O)NC(CC(C)C)C(=O)O. The lowest BCUT2D eigenvalue weighted by atomic mass is 9.97. The molecule has 11 heteroatoms. The highest BCUT2D eigenvalue weighted by Gasteiger charge is 2.32. The van der Waals surface area contributed by atoms with E-state index >= 15 is 0 Å². The minimum atomic E-state index is -1.35. The Morgan fingerprint density at radius 2 is 1.55 bits per heavy atom. The van der Waals surface area contributed by atoms with Crippen LogP contribution in [0.1, 0.15) is 47.0 Å². The van der Waals surface area contributed by atoms with E-state index in [2.05, 4.69) is 16.0 Å². The van der Waals surface area contributed by atoms with E-state index in [0.717, 1.165) is 0 Å². The number of hydrogen-bond acceptors (Lipinski definition) is 7. The van der Waals surface area contributed by atoms with Gasteiger partial charge in [-0.2, -0.15) is 11.8 Å². The zero-order valence-electron chi connectivity index (χ0n) is 19.0. The number of carboxylic acid groups (broad SMARTS) is 1. The monoisotopic (exact) mass is 462 g/mol. The highest BCUT2D eigenvalue weighted by Crippen LogP contribution is 2.10. The van der Waals surface area contributed by atoms with Crippen LogP contribution in [-0.2, 0) is 19.2 Å². The van der Waals surface area contributed by atoms with Crippen molar-refractivity contribution in [2.24, 2.45) is 17.6 Å². The molecule has 0 rings (SSSR count). The van der Waals surface area contributed by atoms with Gasteiger partial charge in [0.15, 0.2) is 0 Å². The van der Waals surface area contributed by atoms with Crippen LogP contribution in [0.15, 0.2) is 0 Å². The maximum absolute atomic E-state index is 12.8. The predicted octanol–water partition coefficient (Wildman–Crippen LogP) is -0.310. The fraction of sp³-hybridized carbons (Fsp3) is 0.800. The molecule has 5 unspecified atom stereocenters. The number of rotatable bonds is 15. The fourth-order valence-corrected chi connectivity index (χ4v) is 3.25. The number of amides is 3. The molecule has 0 radical (unpaired) electrons. The average Bonchev–Trinajstić information content (AvgIpc) is 2.71. The van der Waals surface area contributed by atoms with Gasteiger partial charge in [0.2, 0.25) is 17.7 Å². The summed E-state index contributed by atoms with van der Waals surface area (Å²) in [5.41, 5.74) is 5.87. The lowest BCUT2D eigenvalue weighted by Gasteiger charge is -2.27. The van der Waals surface area contributed by atoms with Crippen molar-refractivity contribution in [1.82, 2.24) is 16.0 Å². The summed E-state index contributed by atoms with van der Waals surface area (Å²) in [4.78, 5) is 49.0. The first-order valence-corrected chi connectivity index (χ1v) is 11.9. The molecule has 0 fully saturated rings. The molecule has 0 aromatic carbocycles. The first-order chi connectivity index (χ1) is 14.5. The standard InChI is InChI=1S/C20H38N4O6S/c1-6-12(4)16(24-17(26)13(21)7-8-31-5)19(28)23-15(10-25)18(27)22-14(20(29)30)9-11(2)3/h11-16,25H,6-10,21H2,1-5H3,(H,22,27)(H,23,28)(H,24,26)(H,29,30). The summed E-state index contributed by atoms with van der Waals surface area (Å²) < 4.78 is 0. The van der Waals surface area contributed by atoms with Crippen molar-refractivity contribution in [3.8, 4) is 0 Å². The van der Waals surface area contributed by atoms with E-state index in [4.69, 9.17) is 5.73 Å². The Kier molecular flexibility index (Phi) is 14.1. The van der Waals surface area contributed by atoms with Gasteiger partial charge in [-0.1, -0.05) is 34.1 Å². The second kappa shape index (κ2) is 15.0. The van der Waals surface area contributed by atoms with Crippen LogP contribution in [0.25, 0.3) is 0 Å². The van der Waals surface area contributed by atoms with Gasteiger partial charge in [0.1, 0.15) is 18.1 Å². The van der Waals surface area contributed by atoms with Crippen molar-refractivity contribution >= 4 is 35.5 Å². The summed E-state index contributed by atoms with van der Waals surface area (Å²) in [7, 11) is 0. The summed E-state index contributed by atoms with van der Waals surface area (Å²) in [6.07, 6.45) is 3.13. The number of thioether (sulfide) groups is 1. The largest absolute Gasteiger partial charge is 0.480 e. The third-order valence-corrected chi connectivity index (χ3v) is 5.54. The van der Waals surface area contributed by atoms with E-state index in [1.54, 1.807) is 18.7 Å². The number of carbonyl (C=O) groups excluding carboxylic acids is 3. The van der Waals surface area contributed by atoms with E-state index in [0.29, 0.717) is 18.6 Å². The molecule has 0 aromatic rings. The molecule has 0 aliphatic heterocycles. The molecule has 0 aliphatic rings. The summed E-state index contributed by atoms with van der Waals surface area (Å²) >= 11 is 1.55. The van der Waals surface area contributed by atoms with Gasteiger partial charge in [-0.3, -0.25) is 14.4 Å². The molecular weight excluding hydrogens is 424 g/mol. The highest BCUT2D eigenvalue weighted by atomic mass is 32.2. The molecule has 5 atom stereocenters. The summed E-state index contributed by atoms with van der Waals surface area (Å²) in [5, 5.41) is 26.3. The lowest BCUT2D eigenvalue weighted by Crippen LogP contribution is -2.59. The van der Waals surface area contributed by atoms with Gasteiger partial charge < -0.3 is 31.9 Å². The van der Waals surface area contributed by atoms with Gasteiger partial charge in [-0.25, -0.2) is 4.79 Å².